The van der Waals surface area contributed by atoms with Crippen LogP contribution < -0.4 is 9.46 Å². The van der Waals surface area contributed by atoms with Gasteiger partial charge in [0, 0.05) is 25.4 Å². The van der Waals surface area contributed by atoms with Crippen LogP contribution in [0, 0.1) is 0 Å². The van der Waals surface area contributed by atoms with Crippen molar-refractivity contribution in [2.75, 3.05) is 26.7 Å². The number of para-hydroxylation sites is 1. The van der Waals surface area contributed by atoms with Crippen LogP contribution >= 0.6 is 0 Å². The minimum absolute atomic E-state index is 0.0714. The number of likely N-dealkylation sites (tertiary alicyclic amines) is 1. The first-order valence-corrected chi connectivity index (χ1v) is 10.3. The highest BCUT2D eigenvalue weighted by Crippen LogP contribution is 2.31. The lowest BCUT2D eigenvalue weighted by Gasteiger charge is -2.35. The number of rotatable bonds is 7. The fraction of sp³-hybridized carbons (Fsp3) is 0.500. The van der Waals surface area contributed by atoms with Gasteiger partial charge in [-0.25, -0.2) is 13.1 Å². The molecule has 0 amide bonds. The van der Waals surface area contributed by atoms with Gasteiger partial charge in [-0.3, -0.25) is 9.58 Å². The van der Waals surface area contributed by atoms with Crippen molar-refractivity contribution >= 4 is 10.0 Å². The molecular formula is C18H26N4O3S. The monoisotopic (exact) mass is 378 g/mol. The number of aromatic nitrogens is 2. The summed E-state index contributed by atoms with van der Waals surface area (Å²) in [7, 11) is -0.258. The average molecular weight is 378 g/mol. The number of nitrogens with one attached hydrogen (secondary N) is 1. The van der Waals surface area contributed by atoms with Gasteiger partial charge in [-0.2, -0.15) is 5.10 Å². The lowest BCUT2D eigenvalue weighted by Crippen LogP contribution is -2.40. The number of ether oxygens (including phenoxy) is 1. The molecule has 1 unspecified atom stereocenters. The van der Waals surface area contributed by atoms with Crippen LogP contribution in [0.25, 0.3) is 0 Å². The largest absolute Gasteiger partial charge is 0.496 e. The van der Waals surface area contributed by atoms with Crippen LogP contribution in [0.4, 0.5) is 0 Å². The maximum absolute atomic E-state index is 12.6. The number of hydrogen-bond acceptors (Lipinski definition) is 5. The number of piperidine rings is 1. The van der Waals surface area contributed by atoms with Gasteiger partial charge in [0.05, 0.1) is 19.3 Å². The van der Waals surface area contributed by atoms with Crippen molar-refractivity contribution < 1.29 is 13.2 Å². The van der Waals surface area contributed by atoms with E-state index >= 15 is 0 Å². The van der Waals surface area contributed by atoms with Gasteiger partial charge in [0.15, 0.2) is 0 Å². The Balaban J connectivity index is 1.84. The molecule has 0 spiro atoms. The molecule has 1 aliphatic heterocycles. The van der Waals surface area contributed by atoms with Crippen LogP contribution in [-0.2, 0) is 17.1 Å². The van der Waals surface area contributed by atoms with E-state index in [1.807, 2.05) is 24.3 Å². The van der Waals surface area contributed by atoms with Gasteiger partial charge in [-0.15, -0.1) is 0 Å². The van der Waals surface area contributed by atoms with Crippen LogP contribution in [0.2, 0.25) is 0 Å². The summed E-state index contributed by atoms with van der Waals surface area (Å²) in [6.45, 7) is 2.20. The van der Waals surface area contributed by atoms with E-state index in [1.54, 1.807) is 14.2 Å². The zero-order chi connectivity index (χ0) is 18.6. The Kier molecular flexibility index (Phi) is 5.95. The van der Waals surface area contributed by atoms with Gasteiger partial charge in [-0.05, 0) is 32.0 Å². The summed E-state index contributed by atoms with van der Waals surface area (Å²) in [5, 5.41) is 3.95. The van der Waals surface area contributed by atoms with E-state index in [2.05, 4.69) is 14.7 Å². The molecule has 1 atom stereocenters. The molecule has 0 saturated carbocycles. The second-order valence-corrected chi connectivity index (χ2v) is 8.32. The van der Waals surface area contributed by atoms with Gasteiger partial charge < -0.3 is 4.74 Å². The molecule has 7 nitrogen and oxygen atoms in total. The zero-order valence-electron chi connectivity index (χ0n) is 15.3. The maximum Gasteiger partial charge on any atom is 0.243 e. The van der Waals surface area contributed by atoms with Crippen molar-refractivity contribution in [2.45, 2.75) is 30.2 Å². The Bertz CT molecular complexity index is 828. The van der Waals surface area contributed by atoms with E-state index < -0.39 is 10.0 Å². The lowest BCUT2D eigenvalue weighted by atomic mass is 10.0. The fourth-order valence-corrected chi connectivity index (χ4v) is 4.44. The fourth-order valence-electron chi connectivity index (χ4n) is 3.42. The molecule has 1 N–H and O–H groups in total. The summed E-state index contributed by atoms with van der Waals surface area (Å²) in [5.74, 6) is 0.781. The second-order valence-electron chi connectivity index (χ2n) is 6.56. The maximum atomic E-state index is 12.6. The van der Waals surface area contributed by atoms with E-state index in [4.69, 9.17) is 4.74 Å². The van der Waals surface area contributed by atoms with E-state index in [0.29, 0.717) is 0 Å². The third-order valence-electron chi connectivity index (χ3n) is 4.79. The summed E-state index contributed by atoms with van der Waals surface area (Å²) in [6.07, 6.45) is 6.33. The van der Waals surface area contributed by atoms with Crippen molar-refractivity contribution in [3.8, 4) is 5.75 Å². The number of nitrogens with zero attached hydrogens (tertiary/aromatic N) is 3. The first-order chi connectivity index (χ1) is 12.5. The summed E-state index contributed by atoms with van der Waals surface area (Å²) >= 11 is 0. The average Bonchev–Trinajstić information content (AvgIpc) is 3.10. The summed E-state index contributed by atoms with van der Waals surface area (Å²) < 4.78 is 35.0. The van der Waals surface area contributed by atoms with Crippen LogP contribution in [0.15, 0.2) is 41.6 Å². The van der Waals surface area contributed by atoms with E-state index in [9.17, 15) is 8.42 Å². The molecule has 1 aromatic heterocycles. The van der Waals surface area contributed by atoms with Crippen molar-refractivity contribution in [2.24, 2.45) is 7.05 Å². The Hall–Kier alpha value is -1.90. The Labute approximate surface area is 155 Å². The minimum Gasteiger partial charge on any atom is -0.496 e. The van der Waals surface area contributed by atoms with Crippen molar-refractivity contribution in [3.63, 3.8) is 0 Å². The van der Waals surface area contributed by atoms with Crippen molar-refractivity contribution in [3.05, 3.63) is 42.2 Å². The van der Waals surface area contributed by atoms with Gasteiger partial charge in [0.1, 0.15) is 10.6 Å². The number of aryl methyl sites for hydroxylation is 1. The number of benzene rings is 1. The quantitative estimate of drug-likeness (QED) is 0.797. The molecule has 0 aliphatic carbocycles. The highest BCUT2D eigenvalue weighted by atomic mass is 32.2. The number of hydrogen-bond donors (Lipinski definition) is 1. The molecule has 1 saturated heterocycles. The molecule has 8 heteroatoms. The van der Waals surface area contributed by atoms with Gasteiger partial charge >= 0.3 is 0 Å². The molecule has 26 heavy (non-hydrogen) atoms. The third kappa shape index (κ3) is 4.25. The molecule has 3 rings (SSSR count). The van der Waals surface area contributed by atoms with Crippen LogP contribution in [0.3, 0.4) is 0 Å². The molecule has 2 aromatic rings. The van der Waals surface area contributed by atoms with Gasteiger partial charge in [0.2, 0.25) is 10.0 Å². The van der Waals surface area contributed by atoms with Gasteiger partial charge in [-0.1, -0.05) is 24.6 Å². The van der Waals surface area contributed by atoms with Crippen LogP contribution in [0.1, 0.15) is 30.9 Å². The van der Waals surface area contributed by atoms with Gasteiger partial charge in [0.25, 0.3) is 0 Å². The Morgan fingerprint density at radius 1 is 1.23 bits per heavy atom. The molecule has 2 heterocycles. The van der Waals surface area contributed by atoms with E-state index in [-0.39, 0.29) is 17.5 Å². The van der Waals surface area contributed by atoms with E-state index in [1.165, 1.54) is 23.5 Å². The summed E-state index contributed by atoms with van der Waals surface area (Å²) in [5.41, 5.74) is 1.01. The highest BCUT2D eigenvalue weighted by molar-refractivity contribution is 7.89. The molecule has 142 valence electrons. The lowest BCUT2D eigenvalue weighted by molar-refractivity contribution is 0.162. The first-order valence-electron chi connectivity index (χ1n) is 8.86. The summed E-state index contributed by atoms with van der Waals surface area (Å²) in [4.78, 5) is 2.52. The van der Waals surface area contributed by atoms with Crippen molar-refractivity contribution in [1.29, 1.82) is 0 Å². The normalized spacial score (nSPS) is 17.2. The molecule has 1 aromatic carbocycles. The first kappa shape index (κ1) is 18.9. The standard InChI is InChI=1S/C18H26N4O3S/c1-21-14-15(12-19-21)26(23,24)20-13-17(22-10-6-3-7-11-22)16-8-4-5-9-18(16)25-2/h4-5,8-9,12,14,17,20H,3,6-7,10-11,13H2,1-2H3. The SMILES string of the molecule is COc1ccccc1C(CNS(=O)(=O)c1cnn(C)c1)N1CCCCC1. The molecule has 0 radical (unpaired) electrons. The Morgan fingerprint density at radius 3 is 2.62 bits per heavy atom. The third-order valence-corrected chi connectivity index (χ3v) is 6.17. The van der Waals surface area contributed by atoms with E-state index in [0.717, 1.165) is 37.2 Å². The summed E-state index contributed by atoms with van der Waals surface area (Å²) in [6, 6.07) is 7.75. The second kappa shape index (κ2) is 8.20. The minimum atomic E-state index is -3.60. The Morgan fingerprint density at radius 2 is 1.96 bits per heavy atom. The molecule has 1 fully saturated rings. The topological polar surface area (TPSA) is 76.5 Å². The smallest absolute Gasteiger partial charge is 0.243 e. The molecule has 0 bridgehead atoms. The van der Waals surface area contributed by atoms with Crippen LogP contribution in [-0.4, -0.2) is 49.8 Å². The molecule has 1 aliphatic rings. The van der Waals surface area contributed by atoms with Crippen LogP contribution in [0.5, 0.6) is 5.75 Å². The zero-order valence-corrected chi connectivity index (χ0v) is 16.1. The highest BCUT2D eigenvalue weighted by Gasteiger charge is 2.27. The predicted molar refractivity (Wildman–Crippen MR) is 99.6 cm³/mol. The predicted octanol–water partition coefficient (Wildman–Crippen LogP) is 1.93. The van der Waals surface area contributed by atoms with Crippen molar-refractivity contribution in [1.82, 2.24) is 19.4 Å². The number of sulfonamides is 1. The number of methoxy groups -OCH3 is 1. The molecular weight excluding hydrogens is 352 g/mol.